The molecule has 2 heterocycles. The number of amides is 1. The number of hydrogen-bond acceptors (Lipinski definition) is 6. The van der Waals surface area contributed by atoms with Gasteiger partial charge < -0.3 is 9.47 Å². The van der Waals surface area contributed by atoms with Crippen molar-refractivity contribution in [3.8, 4) is 17.5 Å². The Morgan fingerprint density at radius 3 is 2.61 bits per heavy atom. The topological polar surface area (TPSA) is 97.4 Å². The largest absolute Gasteiger partial charge is 0.494 e. The predicted molar refractivity (Wildman–Crippen MR) is 131 cm³/mol. The van der Waals surface area contributed by atoms with E-state index >= 15 is 0 Å². The molecule has 0 aliphatic carbocycles. The molecule has 1 amide bonds. The maximum absolute atomic E-state index is 14.7. The van der Waals surface area contributed by atoms with Crippen molar-refractivity contribution in [2.24, 2.45) is 0 Å². The quantitative estimate of drug-likeness (QED) is 0.437. The number of halogens is 3. The van der Waals surface area contributed by atoms with Gasteiger partial charge in [0.25, 0.3) is 5.56 Å². The second kappa shape index (κ2) is 9.50. The number of aromatic nitrogens is 2. The minimum absolute atomic E-state index is 0.0309. The molecule has 0 saturated carbocycles. The van der Waals surface area contributed by atoms with Crippen molar-refractivity contribution in [2.45, 2.75) is 45.0 Å². The Labute approximate surface area is 214 Å². The SMILES string of the molecule is COc1ccc(-n2c([C@H]3C[C@H](F)CN3C(=O)OC(C)(C)C)nc3c(Br)cc(C#N)cc3c2=O)cc1F. The highest BCUT2D eigenvalue weighted by Gasteiger charge is 2.41. The molecule has 0 radical (unpaired) electrons. The molecule has 8 nitrogen and oxygen atoms in total. The number of carbonyl (C=O) groups excluding carboxylic acids is 1. The van der Waals surface area contributed by atoms with Gasteiger partial charge in [-0.3, -0.25) is 14.3 Å². The van der Waals surface area contributed by atoms with Gasteiger partial charge in [0.2, 0.25) is 0 Å². The first-order chi connectivity index (χ1) is 16.9. The molecule has 188 valence electrons. The van der Waals surface area contributed by atoms with Crippen LogP contribution in [0.4, 0.5) is 13.6 Å². The highest BCUT2D eigenvalue weighted by molar-refractivity contribution is 9.10. The zero-order chi connectivity index (χ0) is 26.4. The lowest BCUT2D eigenvalue weighted by molar-refractivity contribution is 0.0209. The van der Waals surface area contributed by atoms with Crippen LogP contribution in [0.2, 0.25) is 0 Å². The lowest BCUT2D eigenvalue weighted by Gasteiger charge is -2.29. The molecule has 1 aliphatic rings. The van der Waals surface area contributed by atoms with Gasteiger partial charge >= 0.3 is 6.09 Å². The van der Waals surface area contributed by atoms with Gasteiger partial charge in [-0.15, -0.1) is 0 Å². The van der Waals surface area contributed by atoms with Crippen molar-refractivity contribution in [2.75, 3.05) is 13.7 Å². The summed E-state index contributed by atoms with van der Waals surface area (Å²) in [7, 11) is 1.31. The lowest BCUT2D eigenvalue weighted by atomic mass is 10.1. The Bertz CT molecular complexity index is 1460. The minimum Gasteiger partial charge on any atom is -0.494 e. The molecule has 1 aliphatic heterocycles. The van der Waals surface area contributed by atoms with Gasteiger partial charge in [0.1, 0.15) is 17.6 Å². The number of hydrogen-bond donors (Lipinski definition) is 0. The van der Waals surface area contributed by atoms with Crippen LogP contribution in [0.15, 0.2) is 39.6 Å². The van der Waals surface area contributed by atoms with E-state index in [1.807, 2.05) is 6.07 Å². The van der Waals surface area contributed by atoms with Crippen LogP contribution in [0.1, 0.15) is 44.6 Å². The Hall–Kier alpha value is -3.52. The molecule has 2 atom stereocenters. The molecule has 0 N–H and O–H groups in total. The average Bonchev–Trinajstić information content (AvgIpc) is 3.20. The molecule has 4 rings (SSSR count). The van der Waals surface area contributed by atoms with E-state index in [0.29, 0.717) is 4.47 Å². The zero-order valence-electron chi connectivity index (χ0n) is 20.0. The number of ether oxygens (including phenoxy) is 2. The summed E-state index contributed by atoms with van der Waals surface area (Å²) in [6.07, 6.45) is -2.28. The van der Waals surface area contributed by atoms with Crippen molar-refractivity contribution in [1.82, 2.24) is 14.5 Å². The Kier molecular flexibility index (Phi) is 6.75. The van der Waals surface area contributed by atoms with Crippen molar-refractivity contribution < 1.29 is 23.0 Å². The van der Waals surface area contributed by atoms with E-state index in [1.54, 1.807) is 20.8 Å². The maximum Gasteiger partial charge on any atom is 0.411 e. The highest BCUT2D eigenvalue weighted by atomic mass is 79.9. The number of alkyl halides is 1. The lowest BCUT2D eigenvalue weighted by Crippen LogP contribution is -2.39. The number of fused-ring (bicyclic) bond motifs is 1. The fraction of sp³-hybridized carbons (Fsp3) is 0.360. The first kappa shape index (κ1) is 25.6. The fourth-order valence-corrected chi connectivity index (χ4v) is 4.70. The summed E-state index contributed by atoms with van der Waals surface area (Å²) in [5.41, 5.74) is -0.891. The van der Waals surface area contributed by atoms with Crippen LogP contribution in [0, 0.1) is 17.1 Å². The van der Waals surface area contributed by atoms with Gasteiger partial charge in [0.05, 0.1) is 47.9 Å². The first-order valence-electron chi connectivity index (χ1n) is 11.1. The molecule has 0 unspecified atom stereocenters. The van der Waals surface area contributed by atoms with Gasteiger partial charge in [-0.1, -0.05) is 0 Å². The van der Waals surface area contributed by atoms with Gasteiger partial charge in [-0.05, 0) is 61.0 Å². The van der Waals surface area contributed by atoms with Crippen molar-refractivity contribution in [1.29, 1.82) is 5.26 Å². The average molecular weight is 561 g/mol. The molecule has 1 fully saturated rings. The highest BCUT2D eigenvalue weighted by Crippen LogP contribution is 2.36. The Morgan fingerprint density at radius 2 is 2.00 bits per heavy atom. The number of nitriles is 1. The molecule has 2 aromatic carbocycles. The van der Waals surface area contributed by atoms with E-state index in [9.17, 15) is 23.6 Å². The molecule has 3 aromatic rings. The minimum atomic E-state index is -1.39. The molecule has 0 bridgehead atoms. The summed E-state index contributed by atoms with van der Waals surface area (Å²) in [6, 6.07) is 7.82. The number of likely N-dealkylation sites (tertiary alicyclic amines) is 1. The maximum atomic E-state index is 14.7. The van der Waals surface area contributed by atoms with Crippen LogP contribution in [0.5, 0.6) is 5.75 Å². The molecule has 11 heteroatoms. The third-order valence-corrected chi connectivity index (χ3v) is 6.26. The van der Waals surface area contributed by atoms with E-state index < -0.39 is 35.3 Å². The summed E-state index contributed by atoms with van der Waals surface area (Å²) in [5, 5.41) is 9.47. The summed E-state index contributed by atoms with van der Waals surface area (Å²) in [4.78, 5) is 32.6. The van der Waals surface area contributed by atoms with Crippen LogP contribution < -0.4 is 10.3 Å². The molecule has 1 saturated heterocycles. The van der Waals surface area contributed by atoms with E-state index in [1.165, 1.54) is 36.3 Å². The molecule has 1 aromatic heterocycles. The third-order valence-electron chi connectivity index (χ3n) is 5.65. The Balaban J connectivity index is 2.00. The molecule has 0 spiro atoms. The second-order valence-corrected chi connectivity index (χ2v) is 10.2. The number of nitrogens with zero attached hydrogens (tertiary/aromatic N) is 4. The monoisotopic (exact) mass is 560 g/mol. The van der Waals surface area contributed by atoms with Crippen molar-refractivity contribution in [3.05, 3.63) is 62.4 Å². The number of carbonyl (C=O) groups is 1. The molecular weight excluding hydrogens is 538 g/mol. The van der Waals surface area contributed by atoms with Gasteiger partial charge in [-0.25, -0.2) is 18.6 Å². The summed E-state index contributed by atoms with van der Waals surface area (Å²) in [6.45, 7) is 4.82. The summed E-state index contributed by atoms with van der Waals surface area (Å²) in [5.74, 6) is -0.719. The van der Waals surface area contributed by atoms with Gasteiger partial charge in [0.15, 0.2) is 11.6 Å². The van der Waals surface area contributed by atoms with Gasteiger partial charge in [-0.2, -0.15) is 5.26 Å². The van der Waals surface area contributed by atoms with Crippen LogP contribution >= 0.6 is 15.9 Å². The zero-order valence-corrected chi connectivity index (χ0v) is 21.6. The normalized spacial score (nSPS) is 17.8. The van der Waals surface area contributed by atoms with E-state index in [2.05, 4.69) is 20.9 Å². The summed E-state index contributed by atoms with van der Waals surface area (Å²) >= 11 is 3.35. The van der Waals surface area contributed by atoms with E-state index in [-0.39, 0.29) is 46.7 Å². The van der Waals surface area contributed by atoms with Crippen molar-refractivity contribution >= 4 is 32.9 Å². The Morgan fingerprint density at radius 1 is 1.28 bits per heavy atom. The number of methoxy groups -OCH3 is 1. The van der Waals surface area contributed by atoms with Crippen LogP contribution in [-0.4, -0.2) is 46.0 Å². The molecular formula is C25H23BrF2N4O4. The van der Waals surface area contributed by atoms with Crippen LogP contribution in [0.3, 0.4) is 0 Å². The standard InChI is InChI=1S/C25H23BrF2N4O4/c1-25(2,3)36-24(34)31-12-14(27)9-19(31)22-30-21-16(7-13(11-29)8-17(21)26)23(33)32(22)15-5-6-20(35-4)18(28)10-15/h5-8,10,14,19H,9,12H2,1-4H3/t14-,19+/m0/s1. The van der Waals surface area contributed by atoms with E-state index in [0.717, 1.165) is 10.6 Å². The van der Waals surface area contributed by atoms with Crippen LogP contribution in [0.25, 0.3) is 16.6 Å². The second-order valence-electron chi connectivity index (χ2n) is 9.38. The number of benzene rings is 2. The third kappa shape index (κ3) is 4.78. The van der Waals surface area contributed by atoms with Crippen molar-refractivity contribution in [3.63, 3.8) is 0 Å². The first-order valence-corrected chi connectivity index (χ1v) is 11.9. The van der Waals surface area contributed by atoms with Gasteiger partial charge in [0, 0.05) is 17.0 Å². The van der Waals surface area contributed by atoms with E-state index in [4.69, 9.17) is 9.47 Å². The summed E-state index contributed by atoms with van der Waals surface area (Å²) < 4.78 is 41.3. The number of rotatable bonds is 3. The predicted octanol–water partition coefficient (Wildman–Crippen LogP) is 5.19. The molecule has 36 heavy (non-hydrogen) atoms. The fourth-order valence-electron chi connectivity index (χ4n) is 4.15. The van der Waals surface area contributed by atoms with Crippen LogP contribution in [-0.2, 0) is 4.74 Å². The smallest absolute Gasteiger partial charge is 0.411 e.